The molecule has 1 heterocycles. The number of rotatable bonds is 1. The number of carbonyl (C=O) groups excluding carboxylic acids is 2. The van der Waals surface area contributed by atoms with Crippen LogP contribution < -0.4 is 0 Å². The molecule has 62 valence electrons. The van der Waals surface area contributed by atoms with E-state index in [1.165, 1.54) is 0 Å². The highest BCUT2D eigenvalue weighted by molar-refractivity contribution is 6.40. The fourth-order valence-electron chi connectivity index (χ4n) is 0.831. The van der Waals surface area contributed by atoms with E-state index in [1.54, 1.807) is 0 Å². The predicted octanol–water partition coefficient (Wildman–Crippen LogP) is -2.12. The quantitative estimate of drug-likeness (QED) is 0.428. The van der Waals surface area contributed by atoms with E-state index in [-0.39, 0.29) is 6.61 Å². The molecule has 0 amide bonds. The van der Waals surface area contributed by atoms with Crippen LogP contribution in [0.3, 0.4) is 0 Å². The van der Waals surface area contributed by atoms with Crippen molar-refractivity contribution < 1.29 is 24.5 Å². The molecule has 1 aliphatic rings. The smallest absolute Gasteiger partial charge is 0.231 e. The maximum atomic E-state index is 10.7. The van der Waals surface area contributed by atoms with E-state index in [9.17, 15) is 9.59 Å². The third-order valence-electron chi connectivity index (χ3n) is 1.50. The van der Waals surface area contributed by atoms with Gasteiger partial charge in [-0.1, -0.05) is 0 Å². The summed E-state index contributed by atoms with van der Waals surface area (Å²) < 4.78 is 4.65. The fourth-order valence-corrected chi connectivity index (χ4v) is 0.831. The summed E-state index contributed by atoms with van der Waals surface area (Å²) in [6.07, 6.45) is -2.44. The van der Waals surface area contributed by atoms with Crippen LogP contribution in [0, 0.1) is 0 Å². The number of hydrogen-bond acceptors (Lipinski definition) is 5. The zero-order valence-corrected chi connectivity index (χ0v) is 5.69. The molecule has 5 heteroatoms. The summed E-state index contributed by atoms with van der Waals surface area (Å²) in [4.78, 5) is 21.3. The fraction of sp³-hybridized carbons (Fsp3) is 0.667. The van der Waals surface area contributed by atoms with Crippen LogP contribution in [0.5, 0.6) is 0 Å². The van der Waals surface area contributed by atoms with E-state index in [2.05, 4.69) is 4.74 Å². The summed E-state index contributed by atoms with van der Waals surface area (Å²) in [6, 6.07) is 0. The number of Topliss-reactive ketones (excluding diaryl/α,β-unsaturated/α-hetero) is 2. The van der Waals surface area contributed by atoms with Gasteiger partial charge in [-0.15, -0.1) is 0 Å². The first kappa shape index (κ1) is 8.32. The van der Waals surface area contributed by atoms with Crippen molar-refractivity contribution in [2.45, 2.75) is 12.2 Å². The monoisotopic (exact) mass is 160 g/mol. The highest BCUT2D eigenvalue weighted by Gasteiger charge is 2.36. The molecule has 2 N–H and O–H groups in total. The van der Waals surface area contributed by atoms with Gasteiger partial charge in [-0.25, -0.2) is 0 Å². The van der Waals surface area contributed by atoms with Gasteiger partial charge in [-0.2, -0.15) is 0 Å². The first-order chi connectivity index (χ1) is 5.16. The zero-order valence-electron chi connectivity index (χ0n) is 5.69. The molecule has 5 nitrogen and oxygen atoms in total. The van der Waals surface area contributed by atoms with Crippen molar-refractivity contribution in [3.05, 3.63) is 0 Å². The number of ether oxygens (including phenoxy) is 1. The largest absolute Gasteiger partial charge is 0.394 e. The second-order valence-electron chi connectivity index (χ2n) is 2.26. The van der Waals surface area contributed by atoms with Crippen LogP contribution in [0.2, 0.25) is 0 Å². The van der Waals surface area contributed by atoms with Gasteiger partial charge in [0.1, 0.15) is 18.8 Å². The minimum absolute atomic E-state index is 0.346. The number of aliphatic hydroxyl groups excluding tert-OH is 2. The van der Waals surface area contributed by atoms with Crippen LogP contribution in [0.15, 0.2) is 0 Å². The van der Waals surface area contributed by atoms with Gasteiger partial charge < -0.3 is 14.9 Å². The van der Waals surface area contributed by atoms with Crippen molar-refractivity contribution >= 4 is 11.6 Å². The van der Waals surface area contributed by atoms with Gasteiger partial charge in [0, 0.05) is 0 Å². The van der Waals surface area contributed by atoms with E-state index in [0.717, 1.165) is 0 Å². The third-order valence-corrected chi connectivity index (χ3v) is 1.50. The molecule has 0 radical (unpaired) electrons. The maximum Gasteiger partial charge on any atom is 0.231 e. The Bertz CT molecular complexity index is 187. The summed E-state index contributed by atoms with van der Waals surface area (Å²) in [5.74, 6) is -1.63. The summed E-state index contributed by atoms with van der Waals surface area (Å²) in [5, 5.41) is 17.5. The molecule has 1 aliphatic heterocycles. The minimum atomic E-state index is -1.50. The number of ketones is 2. The van der Waals surface area contributed by atoms with Gasteiger partial charge >= 0.3 is 0 Å². The van der Waals surface area contributed by atoms with Gasteiger partial charge in [0.25, 0.3) is 0 Å². The van der Waals surface area contributed by atoms with Crippen LogP contribution >= 0.6 is 0 Å². The Labute approximate surface area is 62.6 Å². The van der Waals surface area contributed by atoms with Crippen molar-refractivity contribution in [1.82, 2.24) is 0 Å². The average Bonchev–Trinajstić information content (AvgIpc) is 2.01. The topological polar surface area (TPSA) is 83.8 Å². The van der Waals surface area contributed by atoms with Gasteiger partial charge in [-0.05, 0) is 0 Å². The van der Waals surface area contributed by atoms with Crippen LogP contribution in [-0.4, -0.2) is 47.2 Å². The van der Waals surface area contributed by atoms with Gasteiger partial charge in [-0.3, -0.25) is 9.59 Å². The van der Waals surface area contributed by atoms with Gasteiger partial charge in [0.2, 0.25) is 11.6 Å². The van der Waals surface area contributed by atoms with Crippen molar-refractivity contribution in [3.63, 3.8) is 0 Å². The maximum absolute atomic E-state index is 10.7. The standard InChI is InChI=1S/C6H8O5/c7-1-4-6(10)5(9)3(8)2-11-4/h4,6-7,10H,1-2H2/t4-,6-/m1/s1. The normalized spacial score (nSPS) is 32.5. The lowest BCUT2D eigenvalue weighted by molar-refractivity contribution is -0.162. The first-order valence-corrected chi connectivity index (χ1v) is 3.14. The molecule has 1 saturated heterocycles. The summed E-state index contributed by atoms with van der Waals surface area (Å²) >= 11 is 0. The van der Waals surface area contributed by atoms with Crippen molar-refractivity contribution in [1.29, 1.82) is 0 Å². The van der Waals surface area contributed by atoms with Crippen molar-refractivity contribution in [2.24, 2.45) is 0 Å². The third kappa shape index (κ3) is 1.45. The molecule has 2 atom stereocenters. The van der Waals surface area contributed by atoms with Crippen molar-refractivity contribution in [3.8, 4) is 0 Å². The molecule has 0 aromatic heterocycles. The van der Waals surface area contributed by atoms with Gasteiger partial charge in [0.05, 0.1) is 6.61 Å². The predicted molar refractivity (Wildman–Crippen MR) is 32.8 cm³/mol. The lowest BCUT2D eigenvalue weighted by atomic mass is 10.0. The molecule has 1 fully saturated rings. The molecular weight excluding hydrogens is 152 g/mol. The first-order valence-electron chi connectivity index (χ1n) is 3.14. The highest BCUT2D eigenvalue weighted by atomic mass is 16.5. The lowest BCUT2D eigenvalue weighted by Crippen LogP contribution is -2.48. The summed E-state index contributed by atoms with van der Waals surface area (Å²) in [5.41, 5.74) is 0. The van der Waals surface area contributed by atoms with E-state index in [0.29, 0.717) is 0 Å². The van der Waals surface area contributed by atoms with Crippen LogP contribution in [0.25, 0.3) is 0 Å². The Kier molecular flexibility index (Phi) is 2.33. The summed E-state index contributed by atoms with van der Waals surface area (Å²) in [7, 11) is 0. The van der Waals surface area contributed by atoms with Crippen LogP contribution in [-0.2, 0) is 14.3 Å². The molecule has 0 aliphatic carbocycles. The molecule has 0 spiro atoms. The van der Waals surface area contributed by atoms with Gasteiger partial charge in [0.15, 0.2) is 0 Å². The second-order valence-corrected chi connectivity index (χ2v) is 2.26. The Morgan fingerprint density at radius 2 is 2.18 bits per heavy atom. The van der Waals surface area contributed by atoms with E-state index in [1.807, 2.05) is 0 Å². The average molecular weight is 160 g/mol. The zero-order chi connectivity index (χ0) is 8.43. The Hall–Kier alpha value is -0.780. The van der Waals surface area contributed by atoms with Crippen LogP contribution in [0.1, 0.15) is 0 Å². The molecule has 0 bridgehead atoms. The number of hydrogen-bond donors (Lipinski definition) is 2. The molecule has 1 rings (SSSR count). The Morgan fingerprint density at radius 3 is 2.73 bits per heavy atom. The Balaban J connectivity index is 2.66. The van der Waals surface area contributed by atoms with Crippen molar-refractivity contribution in [2.75, 3.05) is 13.2 Å². The minimum Gasteiger partial charge on any atom is -0.394 e. The molecule has 0 unspecified atom stereocenters. The van der Waals surface area contributed by atoms with E-state index < -0.39 is 30.4 Å². The molecular formula is C6H8O5. The van der Waals surface area contributed by atoms with E-state index >= 15 is 0 Å². The molecule has 11 heavy (non-hydrogen) atoms. The Morgan fingerprint density at radius 1 is 1.55 bits per heavy atom. The number of aliphatic hydroxyl groups is 2. The highest BCUT2D eigenvalue weighted by Crippen LogP contribution is 2.07. The summed E-state index contributed by atoms with van der Waals surface area (Å²) in [6.45, 7) is -0.804. The SMILES string of the molecule is O=C1CO[C@H](CO)[C@@H](O)C1=O. The molecule has 0 saturated carbocycles. The second kappa shape index (κ2) is 3.08. The van der Waals surface area contributed by atoms with E-state index in [4.69, 9.17) is 10.2 Å². The lowest BCUT2D eigenvalue weighted by Gasteiger charge is -2.23. The van der Waals surface area contributed by atoms with Crippen LogP contribution in [0.4, 0.5) is 0 Å². The molecule has 0 aromatic carbocycles. The molecule has 0 aromatic rings. The number of carbonyl (C=O) groups is 2.